The second-order valence-corrected chi connectivity index (χ2v) is 6.77. The van der Waals surface area contributed by atoms with Crippen molar-refractivity contribution in [2.24, 2.45) is 0 Å². The Morgan fingerprint density at radius 1 is 1.33 bits per heavy atom. The molecule has 0 unspecified atom stereocenters. The third-order valence-electron chi connectivity index (χ3n) is 2.31. The highest BCUT2D eigenvalue weighted by molar-refractivity contribution is 14.1. The molecule has 0 radical (unpaired) electrons. The van der Waals surface area contributed by atoms with Crippen molar-refractivity contribution in [2.75, 3.05) is 12.0 Å². The van der Waals surface area contributed by atoms with Gasteiger partial charge in [0, 0.05) is 11.8 Å². The van der Waals surface area contributed by atoms with Gasteiger partial charge in [-0.25, -0.2) is 18.4 Å². The third kappa shape index (κ3) is 2.78. The number of sulfone groups is 1. The van der Waals surface area contributed by atoms with Crippen LogP contribution < -0.4 is 5.73 Å². The van der Waals surface area contributed by atoms with Crippen LogP contribution in [-0.2, 0) is 9.84 Å². The van der Waals surface area contributed by atoms with Gasteiger partial charge >= 0.3 is 0 Å². The van der Waals surface area contributed by atoms with Crippen molar-refractivity contribution in [1.82, 2.24) is 9.97 Å². The zero-order valence-electron chi connectivity index (χ0n) is 9.46. The molecule has 1 aromatic carbocycles. The topological polar surface area (TPSA) is 85.9 Å². The SMILES string of the molecule is CS(=O)(=O)c1cccc(-c2cnc(N)c(I)n2)c1. The number of rotatable bonds is 2. The molecule has 0 saturated carbocycles. The second kappa shape index (κ2) is 4.81. The Labute approximate surface area is 119 Å². The monoisotopic (exact) mass is 375 g/mol. The predicted octanol–water partition coefficient (Wildman–Crippen LogP) is 1.73. The molecule has 1 aromatic heterocycles. The number of nitrogen functional groups attached to an aromatic ring is 1. The molecule has 2 rings (SSSR count). The van der Waals surface area contributed by atoms with Crippen LogP contribution in [0.3, 0.4) is 0 Å². The van der Waals surface area contributed by atoms with Crippen LogP contribution in [0, 0.1) is 3.70 Å². The van der Waals surface area contributed by atoms with Crippen LogP contribution in [-0.4, -0.2) is 24.6 Å². The molecule has 0 spiro atoms. The zero-order chi connectivity index (χ0) is 13.3. The van der Waals surface area contributed by atoms with E-state index < -0.39 is 9.84 Å². The van der Waals surface area contributed by atoms with E-state index in [0.29, 0.717) is 20.8 Å². The Hall–Kier alpha value is -1.22. The van der Waals surface area contributed by atoms with E-state index in [1.807, 2.05) is 22.6 Å². The van der Waals surface area contributed by atoms with E-state index in [9.17, 15) is 8.42 Å². The number of hydrogen-bond donors (Lipinski definition) is 1. The first-order valence-electron chi connectivity index (χ1n) is 4.96. The molecule has 0 bridgehead atoms. The molecular weight excluding hydrogens is 365 g/mol. The highest BCUT2D eigenvalue weighted by Gasteiger charge is 2.10. The summed E-state index contributed by atoms with van der Waals surface area (Å²) in [5.74, 6) is 0.360. The minimum Gasteiger partial charge on any atom is -0.382 e. The number of aromatic nitrogens is 2. The Bertz CT molecular complexity index is 701. The third-order valence-corrected chi connectivity index (χ3v) is 4.22. The van der Waals surface area contributed by atoms with Crippen LogP contribution in [0.2, 0.25) is 0 Å². The summed E-state index contributed by atoms with van der Waals surface area (Å²) in [5.41, 5.74) is 6.88. The molecule has 0 amide bonds. The Kier molecular flexibility index (Phi) is 3.53. The second-order valence-electron chi connectivity index (χ2n) is 3.73. The van der Waals surface area contributed by atoms with Gasteiger partial charge in [0.2, 0.25) is 0 Å². The average Bonchev–Trinajstić information content (AvgIpc) is 2.32. The molecule has 94 valence electrons. The predicted molar refractivity (Wildman–Crippen MR) is 77.7 cm³/mol. The number of benzene rings is 1. The van der Waals surface area contributed by atoms with Gasteiger partial charge in [0.1, 0.15) is 3.70 Å². The van der Waals surface area contributed by atoms with E-state index in [4.69, 9.17) is 5.73 Å². The van der Waals surface area contributed by atoms with Crippen molar-refractivity contribution >= 4 is 38.2 Å². The van der Waals surface area contributed by atoms with Gasteiger partial charge in [0.05, 0.1) is 16.8 Å². The maximum absolute atomic E-state index is 11.5. The van der Waals surface area contributed by atoms with Crippen LogP contribution in [0.1, 0.15) is 0 Å². The molecule has 1 heterocycles. The summed E-state index contributed by atoms with van der Waals surface area (Å²) in [6.07, 6.45) is 2.70. The van der Waals surface area contributed by atoms with Crippen molar-refractivity contribution < 1.29 is 8.42 Å². The summed E-state index contributed by atoms with van der Waals surface area (Å²) in [4.78, 5) is 8.53. The van der Waals surface area contributed by atoms with Crippen molar-refractivity contribution in [2.45, 2.75) is 4.90 Å². The van der Waals surface area contributed by atoms with Gasteiger partial charge in [-0.3, -0.25) is 0 Å². The molecule has 0 atom stereocenters. The lowest BCUT2D eigenvalue weighted by molar-refractivity contribution is 0.602. The van der Waals surface area contributed by atoms with E-state index in [1.165, 1.54) is 12.5 Å². The highest BCUT2D eigenvalue weighted by atomic mass is 127. The van der Waals surface area contributed by atoms with Crippen LogP contribution >= 0.6 is 22.6 Å². The molecule has 0 saturated heterocycles. The fraction of sp³-hybridized carbons (Fsp3) is 0.0909. The van der Waals surface area contributed by atoms with Crippen LogP contribution in [0.25, 0.3) is 11.3 Å². The van der Waals surface area contributed by atoms with E-state index in [-0.39, 0.29) is 4.90 Å². The van der Waals surface area contributed by atoms with Gasteiger partial charge < -0.3 is 5.73 Å². The maximum Gasteiger partial charge on any atom is 0.175 e. The number of halogens is 1. The molecule has 7 heteroatoms. The van der Waals surface area contributed by atoms with E-state index >= 15 is 0 Å². The molecule has 2 aromatic rings. The van der Waals surface area contributed by atoms with Crippen molar-refractivity contribution in [3.63, 3.8) is 0 Å². The van der Waals surface area contributed by atoms with E-state index in [2.05, 4.69) is 9.97 Å². The van der Waals surface area contributed by atoms with E-state index in [1.54, 1.807) is 24.3 Å². The molecule has 18 heavy (non-hydrogen) atoms. The normalized spacial score (nSPS) is 11.4. The molecule has 0 aliphatic rings. The fourth-order valence-electron chi connectivity index (χ4n) is 1.40. The molecule has 2 N–H and O–H groups in total. The lowest BCUT2D eigenvalue weighted by atomic mass is 10.2. The van der Waals surface area contributed by atoms with Crippen LogP contribution in [0.15, 0.2) is 35.4 Å². The molecule has 0 aliphatic carbocycles. The number of anilines is 1. The maximum atomic E-state index is 11.5. The van der Waals surface area contributed by atoms with E-state index in [0.717, 1.165) is 0 Å². The van der Waals surface area contributed by atoms with Crippen LogP contribution in [0.4, 0.5) is 5.82 Å². The molecule has 5 nitrogen and oxygen atoms in total. The molecular formula is C11H10IN3O2S. The quantitative estimate of drug-likeness (QED) is 0.809. The van der Waals surface area contributed by atoms with Gasteiger partial charge in [0.15, 0.2) is 15.7 Å². The lowest BCUT2D eigenvalue weighted by Gasteiger charge is -2.04. The smallest absolute Gasteiger partial charge is 0.175 e. The van der Waals surface area contributed by atoms with Crippen molar-refractivity contribution in [3.8, 4) is 11.3 Å². The zero-order valence-corrected chi connectivity index (χ0v) is 12.4. The number of nitrogens with zero attached hydrogens (tertiary/aromatic N) is 2. The first kappa shape index (κ1) is 13.2. The summed E-state index contributed by atoms with van der Waals surface area (Å²) in [5, 5.41) is 0. The molecule has 0 aliphatic heterocycles. The van der Waals surface area contributed by atoms with Gasteiger partial charge in [-0.1, -0.05) is 12.1 Å². The average molecular weight is 375 g/mol. The lowest BCUT2D eigenvalue weighted by Crippen LogP contribution is -2.00. The minimum absolute atomic E-state index is 0.258. The van der Waals surface area contributed by atoms with Gasteiger partial charge in [-0.2, -0.15) is 0 Å². The number of hydrogen-bond acceptors (Lipinski definition) is 5. The summed E-state index contributed by atoms with van der Waals surface area (Å²) in [6.45, 7) is 0. The summed E-state index contributed by atoms with van der Waals surface area (Å²) in [6, 6.07) is 6.59. The molecule has 0 fully saturated rings. The minimum atomic E-state index is -3.23. The van der Waals surface area contributed by atoms with Gasteiger partial charge in [0.25, 0.3) is 0 Å². The Morgan fingerprint density at radius 3 is 2.67 bits per heavy atom. The van der Waals surface area contributed by atoms with Crippen LogP contribution in [0.5, 0.6) is 0 Å². The first-order valence-corrected chi connectivity index (χ1v) is 7.93. The van der Waals surface area contributed by atoms with Gasteiger partial charge in [-0.15, -0.1) is 0 Å². The first-order chi connectivity index (χ1) is 8.38. The standard InChI is InChI=1S/C11H10IN3O2S/c1-18(16,17)8-4-2-3-7(5-8)9-6-14-11(13)10(12)15-9/h2-6H,1H3,(H2,13,14). The Balaban J connectivity index is 2.55. The summed E-state index contributed by atoms with van der Waals surface area (Å²) in [7, 11) is -3.23. The van der Waals surface area contributed by atoms with Crippen molar-refractivity contribution in [3.05, 3.63) is 34.2 Å². The van der Waals surface area contributed by atoms with Crippen molar-refractivity contribution in [1.29, 1.82) is 0 Å². The number of nitrogens with two attached hydrogens (primary N) is 1. The van der Waals surface area contributed by atoms with Gasteiger partial charge in [-0.05, 0) is 34.7 Å². The fourth-order valence-corrected chi connectivity index (χ4v) is 2.47. The summed E-state index contributed by atoms with van der Waals surface area (Å²) < 4.78 is 23.6. The highest BCUT2D eigenvalue weighted by Crippen LogP contribution is 2.22. The Morgan fingerprint density at radius 2 is 2.06 bits per heavy atom. The largest absolute Gasteiger partial charge is 0.382 e. The summed E-state index contributed by atoms with van der Waals surface area (Å²) >= 11 is 1.98.